The first-order valence-corrected chi connectivity index (χ1v) is 9.87. The summed E-state index contributed by atoms with van der Waals surface area (Å²) in [5.41, 5.74) is 8.25. The Kier molecular flexibility index (Phi) is 6.94. The highest BCUT2D eigenvalue weighted by Crippen LogP contribution is 2.34. The summed E-state index contributed by atoms with van der Waals surface area (Å²) in [7, 11) is 1.51. The van der Waals surface area contributed by atoms with Crippen LogP contribution >= 0.6 is 12.4 Å². The van der Waals surface area contributed by atoms with Crippen LogP contribution in [0.5, 0.6) is 5.75 Å². The number of methoxy groups -OCH3 is 1. The molecular formula is C21H22ClF3N6O2. The molecule has 1 aromatic carbocycles. The van der Waals surface area contributed by atoms with Gasteiger partial charge in [-0.2, -0.15) is 13.2 Å². The lowest BCUT2D eigenvalue weighted by Crippen LogP contribution is -2.24. The number of aromatic nitrogens is 4. The zero-order valence-electron chi connectivity index (χ0n) is 17.8. The molecule has 0 radical (unpaired) electrons. The molecule has 0 unspecified atom stereocenters. The van der Waals surface area contributed by atoms with Gasteiger partial charge in [-0.3, -0.25) is 9.69 Å². The van der Waals surface area contributed by atoms with Crippen LogP contribution in [-0.4, -0.2) is 38.9 Å². The lowest BCUT2D eigenvalue weighted by molar-refractivity contribution is -0.141. The molecule has 12 heteroatoms. The van der Waals surface area contributed by atoms with Gasteiger partial charge in [0.05, 0.1) is 20.1 Å². The van der Waals surface area contributed by atoms with Gasteiger partial charge in [-0.05, 0) is 42.3 Å². The van der Waals surface area contributed by atoms with Gasteiger partial charge in [0.1, 0.15) is 23.6 Å². The second-order valence-electron chi connectivity index (χ2n) is 7.52. The highest BCUT2D eigenvalue weighted by molar-refractivity contribution is 6.10. The third kappa shape index (κ3) is 4.79. The van der Waals surface area contributed by atoms with Gasteiger partial charge in [-0.25, -0.2) is 4.98 Å². The summed E-state index contributed by atoms with van der Waals surface area (Å²) in [6, 6.07) is 7.49. The molecule has 33 heavy (non-hydrogen) atoms. The number of anilines is 1. The first-order chi connectivity index (χ1) is 15.2. The number of pyridine rings is 1. The number of hydrogen-bond donors (Lipinski definition) is 1. The third-order valence-electron chi connectivity index (χ3n) is 5.38. The molecule has 8 nitrogen and oxygen atoms in total. The summed E-state index contributed by atoms with van der Waals surface area (Å²) in [5.74, 6) is 0.818. The summed E-state index contributed by atoms with van der Waals surface area (Å²) < 4.78 is 45.2. The van der Waals surface area contributed by atoms with Gasteiger partial charge in [0.25, 0.3) is 5.91 Å². The smallest absolute Gasteiger partial charge is 0.391 e. The number of carbonyl (C=O) groups excluding carboxylic acids is 1. The maximum absolute atomic E-state index is 13.1. The summed E-state index contributed by atoms with van der Waals surface area (Å²) in [5, 5.41) is 7.72. The van der Waals surface area contributed by atoms with Gasteiger partial charge in [-0.1, -0.05) is 6.07 Å². The molecular weight excluding hydrogens is 461 g/mol. The molecule has 2 aromatic heterocycles. The lowest BCUT2D eigenvalue weighted by atomic mass is 10.0. The average molecular weight is 483 g/mol. The van der Waals surface area contributed by atoms with E-state index >= 15 is 0 Å². The lowest BCUT2D eigenvalue weighted by Gasteiger charge is -2.18. The van der Waals surface area contributed by atoms with Crippen LogP contribution in [0.1, 0.15) is 40.9 Å². The minimum absolute atomic E-state index is 0. The summed E-state index contributed by atoms with van der Waals surface area (Å²) in [4.78, 5) is 19.1. The van der Waals surface area contributed by atoms with Crippen LogP contribution in [0.15, 0.2) is 36.7 Å². The van der Waals surface area contributed by atoms with Gasteiger partial charge >= 0.3 is 6.18 Å². The molecule has 0 spiro atoms. The van der Waals surface area contributed by atoms with E-state index in [4.69, 9.17) is 10.5 Å². The minimum atomic E-state index is -4.33. The fraction of sp³-hybridized carbons (Fsp3) is 0.333. The predicted octanol–water partition coefficient (Wildman–Crippen LogP) is 3.90. The number of ether oxygens (including phenoxy) is 1. The summed E-state index contributed by atoms with van der Waals surface area (Å²) >= 11 is 0. The molecule has 1 aliphatic heterocycles. The molecule has 3 aromatic rings. The monoisotopic (exact) mass is 482 g/mol. The van der Waals surface area contributed by atoms with E-state index in [1.165, 1.54) is 29.8 Å². The molecule has 0 saturated carbocycles. The Labute approximate surface area is 194 Å². The van der Waals surface area contributed by atoms with Crippen molar-refractivity contribution in [3.05, 3.63) is 53.3 Å². The summed E-state index contributed by atoms with van der Waals surface area (Å²) in [6.45, 7) is 1.96. The molecule has 0 bridgehead atoms. The zero-order chi connectivity index (χ0) is 23.0. The molecule has 1 amide bonds. The van der Waals surface area contributed by atoms with Gasteiger partial charge in [0.15, 0.2) is 5.82 Å². The minimum Gasteiger partial charge on any atom is -0.497 e. The quantitative estimate of drug-likeness (QED) is 0.572. The summed E-state index contributed by atoms with van der Waals surface area (Å²) in [6.07, 6.45) is -4.11. The van der Waals surface area contributed by atoms with E-state index in [0.717, 1.165) is 11.1 Å². The Hall–Kier alpha value is -3.18. The van der Waals surface area contributed by atoms with Crippen LogP contribution in [0.2, 0.25) is 0 Å². The van der Waals surface area contributed by atoms with Crippen molar-refractivity contribution in [2.75, 3.05) is 12.0 Å². The van der Waals surface area contributed by atoms with Crippen LogP contribution in [-0.2, 0) is 13.1 Å². The molecule has 2 N–H and O–H groups in total. The first kappa shape index (κ1) is 24.5. The Balaban J connectivity index is 0.00000306. The van der Waals surface area contributed by atoms with Gasteiger partial charge in [-0.15, -0.1) is 22.6 Å². The SMILES string of the molecule is COc1cc(CN)c2c(c1)C(=O)N(c1cccc(-c3nncn3[C@@H](C)CC(F)(F)F)n1)C2.Cl. The maximum atomic E-state index is 13.1. The van der Waals surface area contributed by atoms with Crippen molar-refractivity contribution < 1.29 is 22.7 Å². The number of alkyl halides is 3. The van der Waals surface area contributed by atoms with E-state index in [9.17, 15) is 18.0 Å². The number of amides is 1. The van der Waals surface area contributed by atoms with Crippen LogP contribution < -0.4 is 15.4 Å². The Morgan fingerprint density at radius 3 is 2.70 bits per heavy atom. The molecule has 176 valence electrons. The number of fused-ring (bicyclic) bond motifs is 1. The third-order valence-corrected chi connectivity index (χ3v) is 5.38. The number of hydrogen-bond acceptors (Lipinski definition) is 6. The molecule has 1 atom stereocenters. The Bertz CT molecular complexity index is 1170. The van der Waals surface area contributed by atoms with Crippen LogP contribution in [0, 0.1) is 0 Å². The van der Waals surface area contributed by atoms with E-state index < -0.39 is 18.6 Å². The maximum Gasteiger partial charge on any atom is 0.391 e. The standard InChI is InChI=1S/C21H21F3N6O2.ClH/c1-12(8-21(22,23)24)30-11-26-28-19(30)17-4-3-5-18(27-17)29-10-16-13(9-25)6-14(32-2)7-15(16)20(29)31;/h3-7,11-12H,8-10,25H2,1-2H3;1H/t12-;/m0./s1. The van der Waals surface area contributed by atoms with E-state index in [1.807, 2.05) is 0 Å². The fourth-order valence-electron chi connectivity index (χ4n) is 3.82. The molecule has 0 aliphatic carbocycles. The van der Waals surface area contributed by atoms with Crippen molar-refractivity contribution in [3.8, 4) is 17.3 Å². The van der Waals surface area contributed by atoms with Crippen LogP contribution in [0.3, 0.4) is 0 Å². The largest absolute Gasteiger partial charge is 0.497 e. The number of nitrogens with zero attached hydrogens (tertiary/aromatic N) is 5. The van der Waals surface area contributed by atoms with Crippen molar-refractivity contribution in [1.29, 1.82) is 0 Å². The topological polar surface area (TPSA) is 99.2 Å². The normalized spacial score (nSPS) is 14.1. The van der Waals surface area contributed by atoms with Crippen LogP contribution in [0.25, 0.3) is 11.5 Å². The molecule has 4 rings (SSSR count). The second kappa shape index (κ2) is 9.36. The predicted molar refractivity (Wildman–Crippen MR) is 117 cm³/mol. The molecule has 0 saturated heterocycles. The Morgan fingerprint density at radius 2 is 2.03 bits per heavy atom. The van der Waals surface area contributed by atoms with E-state index in [1.54, 1.807) is 30.3 Å². The highest BCUT2D eigenvalue weighted by Gasteiger charge is 2.33. The van der Waals surface area contributed by atoms with Gasteiger partial charge in [0.2, 0.25) is 0 Å². The van der Waals surface area contributed by atoms with Gasteiger partial charge < -0.3 is 15.0 Å². The van der Waals surface area contributed by atoms with Crippen LogP contribution in [0.4, 0.5) is 19.0 Å². The van der Waals surface area contributed by atoms with Gasteiger partial charge in [0, 0.05) is 18.2 Å². The average Bonchev–Trinajstić information content (AvgIpc) is 3.37. The van der Waals surface area contributed by atoms with Crippen molar-refractivity contribution in [2.45, 2.75) is 38.7 Å². The number of nitrogens with two attached hydrogens (primary N) is 1. The first-order valence-electron chi connectivity index (χ1n) is 9.87. The highest BCUT2D eigenvalue weighted by atomic mass is 35.5. The fourth-order valence-corrected chi connectivity index (χ4v) is 3.82. The number of halogens is 4. The number of carbonyl (C=O) groups is 1. The van der Waals surface area contributed by atoms with Crippen molar-refractivity contribution in [3.63, 3.8) is 0 Å². The van der Waals surface area contributed by atoms with E-state index in [0.29, 0.717) is 22.8 Å². The second-order valence-corrected chi connectivity index (χ2v) is 7.52. The number of benzene rings is 1. The van der Waals surface area contributed by atoms with Crippen molar-refractivity contribution in [2.24, 2.45) is 5.73 Å². The Morgan fingerprint density at radius 1 is 1.27 bits per heavy atom. The zero-order valence-corrected chi connectivity index (χ0v) is 18.7. The molecule has 0 fully saturated rings. The van der Waals surface area contributed by atoms with E-state index in [-0.39, 0.29) is 37.2 Å². The number of rotatable bonds is 6. The molecule has 1 aliphatic rings. The van der Waals surface area contributed by atoms with Crippen molar-refractivity contribution >= 4 is 24.1 Å². The van der Waals surface area contributed by atoms with Crippen molar-refractivity contribution in [1.82, 2.24) is 19.7 Å². The molecule has 3 heterocycles. The van der Waals surface area contributed by atoms with E-state index in [2.05, 4.69) is 15.2 Å².